The molecule has 0 saturated heterocycles. The lowest BCUT2D eigenvalue weighted by molar-refractivity contribution is 0.0715. The maximum absolute atomic E-state index is 10.5. The van der Waals surface area contributed by atoms with Gasteiger partial charge in [-0.25, -0.2) is 0 Å². The van der Waals surface area contributed by atoms with E-state index in [1.165, 1.54) is 5.56 Å². The van der Waals surface area contributed by atoms with E-state index in [9.17, 15) is 5.11 Å². The second kappa shape index (κ2) is 5.76. The highest BCUT2D eigenvalue weighted by Crippen LogP contribution is 2.23. The van der Waals surface area contributed by atoms with Gasteiger partial charge in [-0.15, -0.1) is 0 Å². The zero-order valence-corrected chi connectivity index (χ0v) is 12.7. The van der Waals surface area contributed by atoms with Crippen molar-refractivity contribution in [3.63, 3.8) is 0 Å². The van der Waals surface area contributed by atoms with Crippen molar-refractivity contribution in [2.75, 3.05) is 11.9 Å². The predicted molar refractivity (Wildman–Crippen MR) is 83.4 cm³/mol. The summed E-state index contributed by atoms with van der Waals surface area (Å²) in [5.41, 5.74) is 2.20. The summed E-state index contributed by atoms with van der Waals surface area (Å²) < 4.78 is 1.04. The van der Waals surface area contributed by atoms with E-state index < -0.39 is 5.60 Å². The molecular weight excluding hydrogens is 302 g/mol. The Morgan fingerprint density at radius 1 is 1.16 bits per heavy atom. The van der Waals surface area contributed by atoms with Crippen LogP contribution in [0.15, 0.2) is 53.0 Å². The van der Waals surface area contributed by atoms with Crippen molar-refractivity contribution in [2.45, 2.75) is 19.4 Å². The Morgan fingerprint density at radius 3 is 2.47 bits per heavy atom. The third-order valence-electron chi connectivity index (χ3n) is 3.07. The molecule has 0 aliphatic heterocycles. The molecule has 1 atom stereocenters. The number of rotatable bonds is 4. The molecule has 0 bridgehead atoms. The van der Waals surface area contributed by atoms with Gasteiger partial charge in [-0.3, -0.25) is 0 Å². The molecule has 3 heteroatoms. The molecule has 2 N–H and O–H groups in total. The summed E-state index contributed by atoms with van der Waals surface area (Å²) in [6.07, 6.45) is 0. The highest BCUT2D eigenvalue weighted by Gasteiger charge is 2.22. The molecule has 2 nitrogen and oxygen atoms in total. The van der Waals surface area contributed by atoms with Crippen LogP contribution in [0.3, 0.4) is 0 Å². The van der Waals surface area contributed by atoms with Gasteiger partial charge in [-0.2, -0.15) is 0 Å². The minimum absolute atomic E-state index is 0.465. The molecule has 0 saturated carbocycles. The summed E-state index contributed by atoms with van der Waals surface area (Å²) in [6.45, 7) is 4.33. The van der Waals surface area contributed by atoms with Crippen LogP contribution in [-0.2, 0) is 5.60 Å². The molecule has 2 aromatic carbocycles. The lowest BCUT2D eigenvalue weighted by Gasteiger charge is -2.25. The maximum Gasteiger partial charge on any atom is 0.104 e. The van der Waals surface area contributed by atoms with Crippen molar-refractivity contribution < 1.29 is 5.11 Å². The fraction of sp³-hybridized carbons (Fsp3) is 0.250. The first-order valence-corrected chi connectivity index (χ1v) is 7.06. The van der Waals surface area contributed by atoms with Crippen LogP contribution < -0.4 is 5.32 Å². The molecule has 0 amide bonds. The van der Waals surface area contributed by atoms with Crippen LogP contribution in [0.2, 0.25) is 0 Å². The van der Waals surface area contributed by atoms with Crippen molar-refractivity contribution >= 4 is 21.6 Å². The number of hydrogen-bond donors (Lipinski definition) is 2. The first-order chi connectivity index (χ1) is 8.97. The van der Waals surface area contributed by atoms with Crippen LogP contribution in [0.25, 0.3) is 0 Å². The van der Waals surface area contributed by atoms with Gasteiger partial charge in [0.1, 0.15) is 5.60 Å². The molecule has 19 heavy (non-hydrogen) atoms. The number of benzene rings is 2. The van der Waals surface area contributed by atoms with E-state index in [1.807, 2.05) is 50.2 Å². The molecule has 0 aliphatic carbocycles. The Hall–Kier alpha value is -1.32. The number of nitrogens with one attached hydrogen (secondary N) is 1. The first kappa shape index (κ1) is 14.1. The van der Waals surface area contributed by atoms with Gasteiger partial charge < -0.3 is 10.4 Å². The van der Waals surface area contributed by atoms with Gasteiger partial charge in [-0.1, -0.05) is 46.3 Å². The van der Waals surface area contributed by atoms with E-state index in [4.69, 9.17) is 0 Å². The Labute approximate surface area is 122 Å². The monoisotopic (exact) mass is 319 g/mol. The molecular formula is C16H18BrNO. The average molecular weight is 320 g/mol. The van der Waals surface area contributed by atoms with Crippen LogP contribution in [0.1, 0.15) is 18.1 Å². The Balaban J connectivity index is 2.09. The van der Waals surface area contributed by atoms with Gasteiger partial charge in [0.15, 0.2) is 0 Å². The van der Waals surface area contributed by atoms with Crippen LogP contribution in [-0.4, -0.2) is 11.7 Å². The topological polar surface area (TPSA) is 32.3 Å². The maximum atomic E-state index is 10.5. The summed E-state index contributed by atoms with van der Waals surface area (Å²) in [4.78, 5) is 0. The number of hydrogen-bond acceptors (Lipinski definition) is 2. The van der Waals surface area contributed by atoms with Crippen LogP contribution in [0, 0.1) is 6.92 Å². The van der Waals surface area contributed by atoms with E-state index in [0.717, 1.165) is 15.7 Å². The highest BCUT2D eigenvalue weighted by atomic mass is 79.9. The quantitative estimate of drug-likeness (QED) is 0.890. The highest BCUT2D eigenvalue weighted by molar-refractivity contribution is 9.10. The molecule has 0 heterocycles. The van der Waals surface area contributed by atoms with Gasteiger partial charge >= 0.3 is 0 Å². The number of anilines is 1. The second-order valence-corrected chi connectivity index (χ2v) is 5.93. The molecule has 0 aliphatic rings. The minimum atomic E-state index is -0.891. The molecule has 0 fully saturated rings. The Kier molecular flexibility index (Phi) is 4.27. The third-order valence-corrected chi connectivity index (χ3v) is 3.53. The number of aliphatic hydroxyl groups is 1. The second-order valence-electron chi connectivity index (χ2n) is 5.01. The van der Waals surface area contributed by atoms with Crippen LogP contribution in [0.5, 0.6) is 0 Å². The number of halogens is 1. The molecule has 1 unspecified atom stereocenters. The molecule has 0 spiro atoms. The van der Waals surface area contributed by atoms with Crippen molar-refractivity contribution in [1.82, 2.24) is 0 Å². The summed E-state index contributed by atoms with van der Waals surface area (Å²) in [7, 11) is 0. The van der Waals surface area contributed by atoms with Gasteiger partial charge in [0.2, 0.25) is 0 Å². The Morgan fingerprint density at radius 2 is 1.84 bits per heavy atom. The summed E-state index contributed by atoms with van der Waals surface area (Å²) in [5, 5.41) is 13.8. The van der Waals surface area contributed by atoms with Gasteiger partial charge in [0.25, 0.3) is 0 Å². The first-order valence-electron chi connectivity index (χ1n) is 6.26. The molecule has 2 rings (SSSR count). The summed E-state index contributed by atoms with van der Waals surface area (Å²) in [5.74, 6) is 0. The van der Waals surface area contributed by atoms with E-state index in [-0.39, 0.29) is 0 Å². The van der Waals surface area contributed by atoms with E-state index >= 15 is 0 Å². The van der Waals surface area contributed by atoms with Gasteiger partial charge in [-0.05, 0) is 43.2 Å². The SMILES string of the molecule is Cc1cc(Br)cc(NCC(C)(O)c2ccccc2)c1. The normalized spacial score (nSPS) is 13.9. The average Bonchev–Trinajstić information content (AvgIpc) is 2.37. The smallest absolute Gasteiger partial charge is 0.104 e. The van der Waals surface area contributed by atoms with E-state index in [0.29, 0.717) is 6.54 Å². The molecule has 0 aromatic heterocycles. The van der Waals surface area contributed by atoms with Crippen LogP contribution >= 0.6 is 15.9 Å². The molecule has 0 radical (unpaired) electrons. The zero-order valence-electron chi connectivity index (χ0n) is 11.2. The standard InChI is InChI=1S/C16H18BrNO/c1-12-8-14(17)10-15(9-12)18-11-16(2,19)13-6-4-3-5-7-13/h3-10,18-19H,11H2,1-2H3. The molecule has 2 aromatic rings. The zero-order chi connectivity index (χ0) is 13.9. The fourth-order valence-corrected chi connectivity index (χ4v) is 2.62. The fourth-order valence-electron chi connectivity index (χ4n) is 2.01. The van der Waals surface area contributed by atoms with Crippen molar-refractivity contribution in [3.05, 3.63) is 64.1 Å². The number of aryl methyl sites for hydroxylation is 1. The van der Waals surface area contributed by atoms with Crippen molar-refractivity contribution in [3.8, 4) is 0 Å². The van der Waals surface area contributed by atoms with Crippen LogP contribution in [0.4, 0.5) is 5.69 Å². The molecule has 100 valence electrons. The largest absolute Gasteiger partial charge is 0.384 e. The van der Waals surface area contributed by atoms with E-state index in [2.05, 4.69) is 33.4 Å². The lowest BCUT2D eigenvalue weighted by Crippen LogP contribution is -2.30. The summed E-state index contributed by atoms with van der Waals surface area (Å²) >= 11 is 3.48. The Bertz CT molecular complexity index is 532. The van der Waals surface area contributed by atoms with Gasteiger partial charge in [0.05, 0.1) is 0 Å². The minimum Gasteiger partial charge on any atom is -0.384 e. The van der Waals surface area contributed by atoms with Crippen molar-refractivity contribution in [1.29, 1.82) is 0 Å². The third kappa shape index (κ3) is 3.82. The predicted octanol–water partition coefficient (Wildman–Crippen LogP) is 4.08. The summed E-state index contributed by atoms with van der Waals surface area (Å²) in [6, 6.07) is 15.8. The van der Waals surface area contributed by atoms with Gasteiger partial charge in [0, 0.05) is 16.7 Å². The van der Waals surface area contributed by atoms with Crippen molar-refractivity contribution in [2.24, 2.45) is 0 Å². The van der Waals surface area contributed by atoms with E-state index in [1.54, 1.807) is 0 Å². The lowest BCUT2D eigenvalue weighted by atomic mass is 9.96.